The molecule has 0 aliphatic heterocycles. The van der Waals surface area contributed by atoms with Gasteiger partial charge in [0.15, 0.2) is 0 Å². The summed E-state index contributed by atoms with van der Waals surface area (Å²) in [6.45, 7) is 5.09. The van der Waals surface area contributed by atoms with Crippen LogP contribution in [0, 0.1) is 12.7 Å². The molecule has 1 aromatic carbocycles. The van der Waals surface area contributed by atoms with Crippen molar-refractivity contribution in [2.75, 3.05) is 6.54 Å². The molecule has 1 aromatic heterocycles. The van der Waals surface area contributed by atoms with Gasteiger partial charge in [-0.2, -0.15) is 5.10 Å². The van der Waals surface area contributed by atoms with Gasteiger partial charge >= 0.3 is 0 Å². The zero-order valence-corrected chi connectivity index (χ0v) is 16.3. The third-order valence-corrected chi connectivity index (χ3v) is 4.67. The molecule has 0 saturated heterocycles. The summed E-state index contributed by atoms with van der Waals surface area (Å²) in [6, 6.07) is 6.25. The molecule has 0 spiro atoms. The number of aryl methyl sites for hydroxylation is 2. The van der Waals surface area contributed by atoms with Crippen molar-refractivity contribution in [2.24, 2.45) is 7.05 Å². The summed E-state index contributed by atoms with van der Waals surface area (Å²) in [7, 11) is 1.76. The molecule has 2 aromatic rings. The van der Waals surface area contributed by atoms with Crippen LogP contribution >= 0.6 is 11.6 Å². The molecule has 0 aliphatic rings. The quantitative estimate of drug-likeness (QED) is 0.491. The number of aromatic nitrogens is 2. The Bertz CT molecular complexity index is 768. The minimum Gasteiger partial charge on any atom is -0.335 e. The van der Waals surface area contributed by atoms with Gasteiger partial charge in [0.25, 0.3) is 0 Å². The molecule has 4 nitrogen and oxygen atoms in total. The minimum absolute atomic E-state index is 0.0928. The summed E-state index contributed by atoms with van der Waals surface area (Å²) in [5.74, 6) is -0.371. The third kappa shape index (κ3) is 5.43. The molecule has 0 radical (unpaired) electrons. The number of unbranched alkanes of at least 4 members (excludes halogenated alkanes) is 2. The lowest BCUT2D eigenvalue weighted by Gasteiger charge is -2.21. The maximum atomic E-state index is 13.1. The Balaban J connectivity index is 2.13. The summed E-state index contributed by atoms with van der Waals surface area (Å²) in [4.78, 5) is 14.5. The first-order valence-corrected chi connectivity index (χ1v) is 9.20. The molecule has 0 fully saturated rings. The van der Waals surface area contributed by atoms with Crippen molar-refractivity contribution in [3.05, 3.63) is 58.1 Å². The van der Waals surface area contributed by atoms with Gasteiger partial charge in [-0.1, -0.05) is 43.5 Å². The molecule has 0 saturated carbocycles. The van der Waals surface area contributed by atoms with E-state index in [0.717, 1.165) is 36.1 Å². The second kappa shape index (κ2) is 9.53. The molecule has 1 heterocycles. The largest absolute Gasteiger partial charge is 0.335 e. The summed E-state index contributed by atoms with van der Waals surface area (Å²) >= 11 is 6.21. The lowest BCUT2D eigenvalue weighted by atomic mass is 10.1. The van der Waals surface area contributed by atoms with Crippen LogP contribution in [0.4, 0.5) is 4.39 Å². The van der Waals surface area contributed by atoms with E-state index in [1.54, 1.807) is 34.8 Å². The van der Waals surface area contributed by atoms with E-state index in [4.69, 9.17) is 11.6 Å². The number of carbonyl (C=O) groups is 1. The van der Waals surface area contributed by atoms with Crippen LogP contribution in [0.2, 0.25) is 5.15 Å². The number of carbonyl (C=O) groups excluding carboxylic acids is 1. The van der Waals surface area contributed by atoms with Crippen LogP contribution in [0.15, 0.2) is 30.3 Å². The molecule has 6 heteroatoms. The summed E-state index contributed by atoms with van der Waals surface area (Å²) in [5.41, 5.74) is 2.43. The first-order chi connectivity index (χ1) is 12.4. The fraction of sp³-hybridized carbons (Fsp3) is 0.400. The average Bonchev–Trinajstić information content (AvgIpc) is 2.86. The number of benzene rings is 1. The standard InChI is InChI=1S/C20H25ClFN3O/c1-4-5-6-13-25(14-16-7-9-17(22)10-8-16)19(26)12-11-18-15(2)23-24(3)20(18)21/h7-12H,4-6,13-14H2,1-3H3/b12-11+. The van der Waals surface area contributed by atoms with Crippen molar-refractivity contribution in [3.8, 4) is 0 Å². The van der Waals surface area contributed by atoms with Crippen molar-refractivity contribution in [1.29, 1.82) is 0 Å². The molecule has 0 N–H and O–H groups in total. The van der Waals surface area contributed by atoms with E-state index < -0.39 is 0 Å². The Morgan fingerprint density at radius 1 is 1.31 bits per heavy atom. The van der Waals surface area contributed by atoms with E-state index in [2.05, 4.69) is 12.0 Å². The monoisotopic (exact) mass is 377 g/mol. The van der Waals surface area contributed by atoms with Gasteiger partial charge in [0, 0.05) is 31.8 Å². The smallest absolute Gasteiger partial charge is 0.246 e. The van der Waals surface area contributed by atoms with Crippen LogP contribution in [0.5, 0.6) is 0 Å². The highest BCUT2D eigenvalue weighted by molar-refractivity contribution is 6.31. The molecule has 1 amide bonds. The van der Waals surface area contributed by atoms with Gasteiger partial charge < -0.3 is 4.90 Å². The second-order valence-electron chi connectivity index (χ2n) is 6.34. The molecular formula is C20H25ClFN3O. The Morgan fingerprint density at radius 3 is 2.58 bits per heavy atom. The maximum Gasteiger partial charge on any atom is 0.246 e. The maximum absolute atomic E-state index is 13.1. The number of halogens is 2. The minimum atomic E-state index is -0.279. The second-order valence-corrected chi connectivity index (χ2v) is 6.70. The molecule has 0 atom stereocenters. The molecule has 140 valence electrons. The van der Waals surface area contributed by atoms with Crippen molar-refractivity contribution < 1.29 is 9.18 Å². The lowest BCUT2D eigenvalue weighted by Crippen LogP contribution is -2.30. The van der Waals surface area contributed by atoms with Crippen LogP contribution < -0.4 is 0 Å². The molecule has 0 bridgehead atoms. The van der Waals surface area contributed by atoms with Crippen molar-refractivity contribution in [3.63, 3.8) is 0 Å². The highest BCUT2D eigenvalue weighted by Gasteiger charge is 2.13. The fourth-order valence-corrected chi connectivity index (χ4v) is 2.96. The Kier molecular flexibility index (Phi) is 7.39. The summed E-state index contributed by atoms with van der Waals surface area (Å²) < 4.78 is 14.7. The third-order valence-electron chi connectivity index (χ3n) is 4.22. The Morgan fingerprint density at radius 2 is 2.00 bits per heavy atom. The molecule has 0 aliphatic carbocycles. The Labute approximate surface area is 159 Å². The zero-order valence-electron chi connectivity index (χ0n) is 15.5. The van der Waals surface area contributed by atoms with Crippen LogP contribution in [-0.4, -0.2) is 27.1 Å². The first-order valence-electron chi connectivity index (χ1n) is 8.83. The number of nitrogens with zero attached hydrogens (tertiary/aromatic N) is 3. The predicted molar refractivity (Wildman–Crippen MR) is 103 cm³/mol. The van der Waals surface area contributed by atoms with E-state index in [1.807, 2.05) is 6.92 Å². The fourth-order valence-electron chi connectivity index (χ4n) is 2.73. The number of hydrogen-bond donors (Lipinski definition) is 0. The van der Waals surface area contributed by atoms with Gasteiger partial charge in [-0.05, 0) is 37.1 Å². The van der Waals surface area contributed by atoms with Crippen molar-refractivity contribution in [1.82, 2.24) is 14.7 Å². The molecule has 2 rings (SSSR count). The topological polar surface area (TPSA) is 38.1 Å². The van der Waals surface area contributed by atoms with Gasteiger partial charge in [-0.3, -0.25) is 9.48 Å². The summed E-state index contributed by atoms with van der Waals surface area (Å²) in [5, 5.41) is 4.75. The lowest BCUT2D eigenvalue weighted by molar-refractivity contribution is -0.126. The van der Waals surface area contributed by atoms with Crippen molar-refractivity contribution in [2.45, 2.75) is 39.7 Å². The zero-order chi connectivity index (χ0) is 19.1. The average molecular weight is 378 g/mol. The van der Waals surface area contributed by atoms with Crippen LogP contribution in [0.3, 0.4) is 0 Å². The van der Waals surface area contributed by atoms with E-state index in [9.17, 15) is 9.18 Å². The van der Waals surface area contributed by atoms with Gasteiger partial charge in [0.05, 0.1) is 5.69 Å². The van der Waals surface area contributed by atoms with Gasteiger partial charge in [0.2, 0.25) is 5.91 Å². The Hall–Kier alpha value is -2.14. The SMILES string of the molecule is CCCCCN(Cc1ccc(F)cc1)C(=O)/C=C/c1c(C)nn(C)c1Cl. The molecular weight excluding hydrogens is 353 g/mol. The first kappa shape index (κ1) is 20.2. The van der Waals surface area contributed by atoms with Gasteiger partial charge in [-0.25, -0.2) is 4.39 Å². The van der Waals surface area contributed by atoms with Crippen LogP contribution in [-0.2, 0) is 18.4 Å². The van der Waals surface area contributed by atoms with Crippen LogP contribution in [0.1, 0.15) is 43.0 Å². The number of rotatable bonds is 8. The molecule has 26 heavy (non-hydrogen) atoms. The summed E-state index contributed by atoms with van der Waals surface area (Å²) in [6.07, 6.45) is 6.32. The normalized spacial score (nSPS) is 11.3. The van der Waals surface area contributed by atoms with E-state index >= 15 is 0 Å². The van der Waals surface area contributed by atoms with Crippen LogP contribution in [0.25, 0.3) is 6.08 Å². The predicted octanol–water partition coefficient (Wildman–Crippen LogP) is 4.75. The highest BCUT2D eigenvalue weighted by Crippen LogP contribution is 2.20. The number of amides is 1. The van der Waals surface area contributed by atoms with Gasteiger partial charge in [-0.15, -0.1) is 0 Å². The van der Waals surface area contributed by atoms with E-state index in [-0.39, 0.29) is 11.7 Å². The number of hydrogen-bond acceptors (Lipinski definition) is 2. The highest BCUT2D eigenvalue weighted by atomic mass is 35.5. The van der Waals surface area contributed by atoms with E-state index in [0.29, 0.717) is 18.2 Å². The van der Waals surface area contributed by atoms with Gasteiger partial charge in [0.1, 0.15) is 11.0 Å². The van der Waals surface area contributed by atoms with Crippen molar-refractivity contribution >= 4 is 23.6 Å². The van der Waals surface area contributed by atoms with E-state index in [1.165, 1.54) is 18.2 Å². The molecule has 0 unspecified atom stereocenters.